The van der Waals surface area contributed by atoms with Gasteiger partial charge in [-0.3, -0.25) is 0 Å². The maximum absolute atomic E-state index is 13.9. The third-order valence-electron chi connectivity index (χ3n) is 2.49. The molecule has 0 spiro atoms. The Morgan fingerprint density at radius 1 is 1.12 bits per heavy atom. The molecule has 0 radical (unpaired) electrons. The largest absolute Gasteiger partial charge is 0.478 e. The number of nitrogen functional groups attached to an aromatic ring is 1. The minimum absolute atomic E-state index is 0.220. The fourth-order valence-corrected chi connectivity index (χ4v) is 1.62. The third kappa shape index (κ3) is 1.97. The summed E-state index contributed by atoms with van der Waals surface area (Å²) in [5.41, 5.74) is 5.87. The molecule has 4 heteroatoms. The lowest BCUT2D eigenvalue weighted by molar-refractivity contribution is 0.0697. The summed E-state index contributed by atoms with van der Waals surface area (Å²) in [5.74, 6) is -1.93. The van der Waals surface area contributed by atoms with Crippen molar-refractivity contribution in [2.75, 3.05) is 5.73 Å². The highest BCUT2D eigenvalue weighted by Gasteiger charge is 2.15. The molecular formula is C13H10FNO2. The summed E-state index contributed by atoms with van der Waals surface area (Å²) in [7, 11) is 0. The van der Waals surface area contributed by atoms with Crippen molar-refractivity contribution in [3.63, 3.8) is 0 Å². The van der Waals surface area contributed by atoms with Crippen LogP contribution in [-0.4, -0.2) is 11.1 Å². The predicted octanol–water partition coefficient (Wildman–Crippen LogP) is 2.77. The van der Waals surface area contributed by atoms with Gasteiger partial charge < -0.3 is 10.8 Å². The van der Waals surface area contributed by atoms with Gasteiger partial charge in [0.1, 0.15) is 0 Å². The van der Waals surface area contributed by atoms with E-state index in [1.807, 2.05) is 6.07 Å². The quantitative estimate of drug-likeness (QED) is 0.781. The maximum atomic E-state index is 13.9. The van der Waals surface area contributed by atoms with E-state index in [1.54, 1.807) is 24.3 Å². The van der Waals surface area contributed by atoms with Gasteiger partial charge in [-0.05, 0) is 11.6 Å². The second-order valence-corrected chi connectivity index (χ2v) is 3.56. The van der Waals surface area contributed by atoms with Crippen LogP contribution in [0.5, 0.6) is 0 Å². The lowest BCUT2D eigenvalue weighted by Gasteiger charge is -2.08. The number of carboxylic acid groups (broad SMARTS) is 1. The van der Waals surface area contributed by atoms with Gasteiger partial charge in [-0.15, -0.1) is 0 Å². The van der Waals surface area contributed by atoms with Gasteiger partial charge >= 0.3 is 5.97 Å². The Morgan fingerprint density at radius 3 is 2.35 bits per heavy atom. The van der Waals surface area contributed by atoms with Crippen LogP contribution in [0.4, 0.5) is 10.1 Å². The van der Waals surface area contributed by atoms with Gasteiger partial charge in [0, 0.05) is 5.56 Å². The molecule has 0 aliphatic heterocycles. The zero-order valence-electron chi connectivity index (χ0n) is 8.85. The van der Waals surface area contributed by atoms with Crippen molar-refractivity contribution >= 4 is 11.7 Å². The van der Waals surface area contributed by atoms with Crippen molar-refractivity contribution in [2.45, 2.75) is 0 Å². The minimum atomic E-state index is -1.24. The van der Waals surface area contributed by atoms with E-state index >= 15 is 0 Å². The molecule has 0 atom stereocenters. The van der Waals surface area contributed by atoms with Gasteiger partial charge in [0.05, 0.1) is 11.3 Å². The van der Waals surface area contributed by atoms with Gasteiger partial charge in [-0.25, -0.2) is 9.18 Å². The van der Waals surface area contributed by atoms with E-state index in [2.05, 4.69) is 0 Å². The molecule has 0 bridgehead atoms. The fraction of sp³-hybridized carbons (Fsp3) is 0. The molecule has 86 valence electrons. The third-order valence-corrected chi connectivity index (χ3v) is 2.49. The Kier molecular flexibility index (Phi) is 2.78. The molecule has 0 unspecified atom stereocenters. The molecule has 0 heterocycles. The highest BCUT2D eigenvalue weighted by atomic mass is 19.1. The van der Waals surface area contributed by atoms with E-state index in [4.69, 9.17) is 10.8 Å². The zero-order valence-corrected chi connectivity index (χ0v) is 8.85. The van der Waals surface area contributed by atoms with Gasteiger partial charge in [0.2, 0.25) is 0 Å². The van der Waals surface area contributed by atoms with E-state index in [-0.39, 0.29) is 11.3 Å². The smallest absolute Gasteiger partial charge is 0.337 e. The van der Waals surface area contributed by atoms with Gasteiger partial charge in [-0.1, -0.05) is 36.4 Å². The molecule has 0 saturated heterocycles. The summed E-state index contributed by atoms with van der Waals surface area (Å²) in [4.78, 5) is 10.8. The van der Waals surface area contributed by atoms with Gasteiger partial charge in [0.25, 0.3) is 0 Å². The molecular weight excluding hydrogens is 221 g/mol. The van der Waals surface area contributed by atoms with Crippen molar-refractivity contribution in [1.82, 2.24) is 0 Å². The number of rotatable bonds is 2. The van der Waals surface area contributed by atoms with Gasteiger partial charge in [-0.2, -0.15) is 0 Å². The zero-order chi connectivity index (χ0) is 12.4. The first-order chi connectivity index (χ1) is 8.11. The van der Waals surface area contributed by atoms with Crippen LogP contribution in [-0.2, 0) is 0 Å². The van der Waals surface area contributed by atoms with Crippen LogP contribution in [0.25, 0.3) is 11.1 Å². The second kappa shape index (κ2) is 4.25. The molecule has 2 aromatic rings. The summed E-state index contributed by atoms with van der Waals surface area (Å²) >= 11 is 0. The number of nitrogens with two attached hydrogens (primary N) is 1. The molecule has 0 aromatic heterocycles. The van der Waals surface area contributed by atoms with Crippen LogP contribution in [0, 0.1) is 5.82 Å². The molecule has 0 aliphatic rings. The van der Waals surface area contributed by atoms with Crippen molar-refractivity contribution in [2.24, 2.45) is 0 Å². The first-order valence-electron chi connectivity index (χ1n) is 4.98. The number of hydrogen-bond acceptors (Lipinski definition) is 2. The Bertz CT molecular complexity index is 567. The van der Waals surface area contributed by atoms with Crippen molar-refractivity contribution in [1.29, 1.82) is 0 Å². The number of anilines is 1. The average Bonchev–Trinajstić information content (AvgIpc) is 2.33. The Balaban J connectivity index is 2.60. The van der Waals surface area contributed by atoms with Crippen LogP contribution in [0.15, 0.2) is 42.5 Å². The maximum Gasteiger partial charge on any atom is 0.337 e. The Morgan fingerprint density at radius 2 is 1.76 bits per heavy atom. The summed E-state index contributed by atoms with van der Waals surface area (Å²) < 4.78 is 13.9. The van der Waals surface area contributed by atoms with Crippen LogP contribution in [0.2, 0.25) is 0 Å². The Hall–Kier alpha value is -2.36. The standard InChI is InChI=1S/C13H10FNO2/c14-11-9(8-4-2-1-3-5-8)6-7-10(12(11)15)13(16)17/h1-7H,15H2,(H,16,17). The van der Waals surface area contributed by atoms with Crippen LogP contribution >= 0.6 is 0 Å². The monoisotopic (exact) mass is 231 g/mol. The van der Waals surface area contributed by atoms with Crippen molar-refractivity contribution < 1.29 is 14.3 Å². The number of aromatic carboxylic acids is 1. The van der Waals surface area contributed by atoms with Crippen LogP contribution in [0.1, 0.15) is 10.4 Å². The van der Waals surface area contributed by atoms with Crippen molar-refractivity contribution in [3.05, 3.63) is 53.8 Å². The van der Waals surface area contributed by atoms with E-state index in [0.717, 1.165) is 0 Å². The average molecular weight is 231 g/mol. The number of benzene rings is 2. The highest BCUT2D eigenvalue weighted by Crippen LogP contribution is 2.28. The lowest BCUT2D eigenvalue weighted by atomic mass is 10.0. The molecule has 0 saturated carbocycles. The lowest BCUT2D eigenvalue weighted by Crippen LogP contribution is -2.05. The second-order valence-electron chi connectivity index (χ2n) is 3.56. The van der Waals surface area contributed by atoms with E-state index in [1.165, 1.54) is 12.1 Å². The van der Waals surface area contributed by atoms with E-state index in [9.17, 15) is 9.18 Å². The van der Waals surface area contributed by atoms with Gasteiger partial charge in [0.15, 0.2) is 5.82 Å². The van der Waals surface area contributed by atoms with Crippen molar-refractivity contribution in [3.8, 4) is 11.1 Å². The summed E-state index contributed by atoms with van der Waals surface area (Å²) in [6, 6.07) is 11.6. The highest BCUT2D eigenvalue weighted by molar-refractivity contribution is 5.95. The van der Waals surface area contributed by atoms with Crippen LogP contribution in [0.3, 0.4) is 0 Å². The topological polar surface area (TPSA) is 63.3 Å². The predicted molar refractivity (Wildman–Crippen MR) is 63.2 cm³/mol. The number of halogens is 1. The molecule has 0 fully saturated rings. The Labute approximate surface area is 97.3 Å². The molecule has 3 nitrogen and oxygen atoms in total. The first kappa shape index (κ1) is 11.1. The first-order valence-corrected chi connectivity index (χ1v) is 4.98. The SMILES string of the molecule is Nc1c(C(=O)O)ccc(-c2ccccc2)c1F. The minimum Gasteiger partial charge on any atom is -0.478 e. The fourth-order valence-electron chi connectivity index (χ4n) is 1.62. The molecule has 2 rings (SSSR count). The molecule has 0 aliphatic carbocycles. The van der Waals surface area contributed by atoms with E-state index in [0.29, 0.717) is 11.1 Å². The molecule has 3 N–H and O–H groups in total. The van der Waals surface area contributed by atoms with Crippen LogP contribution < -0.4 is 5.73 Å². The molecule has 0 amide bonds. The summed E-state index contributed by atoms with van der Waals surface area (Å²) in [5, 5.41) is 8.80. The summed E-state index contributed by atoms with van der Waals surface area (Å²) in [6.07, 6.45) is 0. The number of hydrogen-bond donors (Lipinski definition) is 2. The normalized spacial score (nSPS) is 10.2. The number of carboxylic acids is 1. The summed E-state index contributed by atoms with van der Waals surface area (Å²) in [6.45, 7) is 0. The number of carbonyl (C=O) groups is 1. The molecule has 17 heavy (non-hydrogen) atoms. The molecule has 2 aromatic carbocycles. The van der Waals surface area contributed by atoms with E-state index < -0.39 is 11.8 Å².